The van der Waals surface area contributed by atoms with Gasteiger partial charge < -0.3 is 10.1 Å². The summed E-state index contributed by atoms with van der Waals surface area (Å²) >= 11 is 0. The van der Waals surface area contributed by atoms with Crippen molar-refractivity contribution in [3.05, 3.63) is 71.3 Å². The second kappa shape index (κ2) is 9.78. The number of carbonyl (C=O) groups is 1. The van der Waals surface area contributed by atoms with Gasteiger partial charge in [0, 0.05) is 54.6 Å². The topological polar surface area (TPSA) is 58.6 Å². The van der Waals surface area contributed by atoms with Crippen LogP contribution in [0.5, 0.6) is 0 Å². The van der Waals surface area contributed by atoms with E-state index < -0.39 is 10.8 Å². The van der Waals surface area contributed by atoms with Crippen LogP contribution in [-0.4, -0.2) is 53.6 Å². The maximum absolute atomic E-state index is 12.4. The van der Waals surface area contributed by atoms with Crippen molar-refractivity contribution in [2.24, 2.45) is 0 Å². The number of ether oxygens (including phenoxy) is 1. The largest absolute Gasteiger partial charge is 0.374 e. The highest BCUT2D eigenvalue weighted by molar-refractivity contribution is 7.83. The lowest BCUT2D eigenvalue weighted by atomic mass is 10.1. The Morgan fingerprint density at radius 2 is 1.96 bits per heavy atom. The molecule has 0 radical (unpaired) electrons. The second-order valence-corrected chi connectivity index (χ2v) is 8.28. The first kappa shape index (κ1) is 19.7. The molecule has 2 unspecified atom stereocenters. The molecule has 144 valence electrons. The van der Waals surface area contributed by atoms with E-state index in [1.54, 1.807) is 18.4 Å². The van der Waals surface area contributed by atoms with Crippen LogP contribution in [0.4, 0.5) is 0 Å². The van der Waals surface area contributed by atoms with Crippen LogP contribution < -0.4 is 5.32 Å². The zero-order chi connectivity index (χ0) is 19.1. The summed E-state index contributed by atoms with van der Waals surface area (Å²) in [5.74, 6) is 0.337. The molecule has 1 aliphatic heterocycles. The van der Waals surface area contributed by atoms with Crippen LogP contribution in [0.15, 0.2) is 54.6 Å². The molecule has 0 aliphatic carbocycles. The molecule has 6 heteroatoms. The Morgan fingerprint density at radius 1 is 1.19 bits per heavy atom. The Balaban J connectivity index is 1.50. The molecule has 2 atom stereocenters. The van der Waals surface area contributed by atoms with E-state index in [2.05, 4.69) is 34.5 Å². The fraction of sp³-hybridized carbons (Fsp3) is 0.381. The van der Waals surface area contributed by atoms with Crippen molar-refractivity contribution < 1.29 is 13.7 Å². The van der Waals surface area contributed by atoms with Crippen molar-refractivity contribution in [3.8, 4) is 0 Å². The zero-order valence-corrected chi connectivity index (χ0v) is 16.4. The summed E-state index contributed by atoms with van der Waals surface area (Å²) in [4.78, 5) is 14.8. The van der Waals surface area contributed by atoms with E-state index >= 15 is 0 Å². The third-order valence-corrected chi connectivity index (χ3v) is 5.26. The first-order chi connectivity index (χ1) is 13.1. The highest BCUT2D eigenvalue weighted by Gasteiger charge is 2.21. The van der Waals surface area contributed by atoms with E-state index in [1.165, 1.54) is 5.56 Å². The van der Waals surface area contributed by atoms with Gasteiger partial charge >= 0.3 is 0 Å². The maximum Gasteiger partial charge on any atom is 0.251 e. The molecule has 2 aromatic carbocycles. The molecule has 0 spiro atoms. The number of morpholine rings is 1. The van der Waals surface area contributed by atoms with Crippen LogP contribution in [-0.2, 0) is 27.8 Å². The third-order valence-electron chi connectivity index (χ3n) is 4.52. The molecule has 27 heavy (non-hydrogen) atoms. The molecule has 1 fully saturated rings. The Labute approximate surface area is 163 Å². The minimum atomic E-state index is -0.924. The summed E-state index contributed by atoms with van der Waals surface area (Å²) in [5.41, 5.74) is 2.79. The van der Waals surface area contributed by atoms with Crippen molar-refractivity contribution in [3.63, 3.8) is 0 Å². The lowest BCUT2D eigenvalue weighted by Gasteiger charge is -2.33. The van der Waals surface area contributed by atoms with Gasteiger partial charge in [0.1, 0.15) is 0 Å². The first-order valence-electron chi connectivity index (χ1n) is 9.15. The van der Waals surface area contributed by atoms with Crippen molar-refractivity contribution >= 4 is 16.7 Å². The van der Waals surface area contributed by atoms with Gasteiger partial charge in [0.05, 0.1) is 12.7 Å². The van der Waals surface area contributed by atoms with E-state index in [4.69, 9.17) is 4.74 Å². The van der Waals surface area contributed by atoms with Crippen LogP contribution >= 0.6 is 0 Å². The van der Waals surface area contributed by atoms with Crippen molar-refractivity contribution in [1.82, 2.24) is 10.2 Å². The van der Waals surface area contributed by atoms with Gasteiger partial charge in [0.2, 0.25) is 0 Å². The normalized spacial score (nSPS) is 18.8. The maximum atomic E-state index is 12.4. The quantitative estimate of drug-likeness (QED) is 0.793. The average molecular weight is 387 g/mol. The van der Waals surface area contributed by atoms with Crippen LogP contribution in [0.3, 0.4) is 0 Å². The third kappa shape index (κ3) is 6.27. The van der Waals surface area contributed by atoms with E-state index in [0.717, 1.165) is 25.2 Å². The summed E-state index contributed by atoms with van der Waals surface area (Å²) in [6, 6.07) is 17.7. The molecule has 1 amide bonds. The summed E-state index contributed by atoms with van der Waals surface area (Å²) in [5, 5.41) is 2.97. The van der Waals surface area contributed by atoms with Gasteiger partial charge in [0.25, 0.3) is 5.91 Å². The van der Waals surface area contributed by atoms with Gasteiger partial charge in [-0.2, -0.15) is 0 Å². The SMILES string of the molecule is CS(=O)Cc1cccc(C(=O)NCC2CN(Cc3ccccc3)CCO2)c1. The summed E-state index contributed by atoms with van der Waals surface area (Å²) in [6.45, 7) is 3.74. The molecule has 0 aromatic heterocycles. The average Bonchev–Trinajstić information content (AvgIpc) is 2.67. The Hall–Kier alpha value is -2.02. The molecule has 1 saturated heterocycles. The minimum absolute atomic E-state index is 0.0160. The molecule has 0 saturated carbocycles. The number of benzene rings is 2. The fourth-order valence-corrected chi connectivity index (χ4v) is 3.88. The number of hydrogen-bond donors (Lipinski definition) is 1. The van der Waals surface area contributed by atoms with Crippen LogP contribution in [0.2, 0.25) is 0 Å². The Morgan fingerprint density at radius 3 is 2.74 bits per heavy atom. The molecular formula is C21H26N2O3S. The van der Waals surface area contributed by atoms with Gasteiger partial charge in [-0.15, -0.1) is 0 Å². The van der Waals surface area contributed by atoms with Gasteiger partial charge in [-0.25, -0.2) is 0 Å². The zero-order valence-electron chi connectivity index (χ0n) is 15.6. The summed E-state index contributed by atoms with van der Waals surface area (Å²) < 4.78 is 17.2. The van der Waals surface area contributed by atoms with Crippen molar-refractivity contribution in [2.75, 3.05) is 32.5 Å². The summed E-state index contributed by atoms with van der Waals surface area (Å²) in [7, 11) is -0.924. The smallest absolute Gasteiger partial charge is 0.251 e. The highest BCUT2D eigenvalue weighted by Crippen LogP contribution is 2.11. The van der Waals surface area contributed by atoms with Crippen molar-refractivity contribution in [1.29, 1.82) is 0 Å². The predicted octanol–water partition coefficient (Wildman–Crippen LogP) is 2.20. The van der Waals surface area contributed by atoms with Gasteiger partial charge in [-0.1, -0.05) is 42.5 Å². The molecule has 1 heterocycles. The second-order valence-electron chi connectivity index (χ2n) is 6.84. The number of nitrogens with zero attached hydrogens (tertiary/aromatic N) is 1. The number of nitrogens with one attached hydrogen (secondary N) is 1. The molecular weight excluding hydrogens is 360 g/mol. The van der Waals surface area contributed by atoms with Gasteiger partial charge in [-0.3, -0.25) is 13.9 Å². The van der Waals surface area contributed by atoms with E-state index in [9.17, 15) is 9.00 Å². The van der Waals surface area contributed by atoms with Crippen LogP contribution in [0.25, 0.3) is 0 Å². The van der Waals surface area contributed by atoms with Crippen LogP contribution in [0.1, 0.15) is 21.5 Å². The monoisotopic (exact) mass is 386 g/mol. The highest BCUT2D eigenvalue weighted by atomic mass is 32.2. The lowest BCUT2D eigenvalue weighted by molar-refractivity contribution is -0.0292. The van der Waals surface area contributed by atoms with Gasteiger partial charge in [-0.05, 0) is 23.3 Å². The van der Waals surface area contributed by atoms with E-state index in [1.807, 2.05) is 18.2 Å². The standard InChI is InChI=1S/C21H26N2O3S/c1-27(25)16-18-8-5-9-19(12-18)21(24)22-13-20-15-23(10-11-26-20)14-17-6-3-2-4-7-17/h2-9,12,20H,10-11,13-16H2,1H3,(H,22,24). The lowest BCUT2D eigenvalue weighted by Crippen LogP contribution is -2.47. The first-order valence-corrected chi connectivity index (χ1v) is 10.9. The minimum Gasteiger partial charge on any atom is -0.374 e. The molecule has 0 bridgehead atoms. The van der Waals surface area contributed by atoms with E-state index in [-0.39, 0.29) is 12.0 Å². The molecule has 1 N–H and O–H groups in total. The number of rotatable bonds is 7. The van der Waals surface area contributed by atoms with Crippen LogP contribution in [0, 0.1) is 0 Å². The molecule has 2 aromatic rings. The van der Waals surface area contributed by atoms with E-state index in [0.29, 0.717) is 24.5 Å². The number of hydrogen-bond acceptors (Lipinski definition) is 4. The van der Waals surface area contributed by atoms with Crippen molar-refractivity contribution in [2.45, 2.75) is 18.4 Å². The fourth-order valence-electron chi connectivity index (χ4n) is 3.23. The number of carbonyl (C=O) groups excluding carboxylic acids is 1. The molecule has 1 aliphatic rings. The Kier molecular flexibility index (Phi) is 7.15. The predicted molar refractivity (Wildman–Crippen MR) is 108 cm³/mol. The summed E-state index contributed by atoms with van der Waals surface area (Å²) in [6.07, 6.45) is 1.65. The Bertz CT molecular complexity index is 782. The number of amides is 1. The molecule has 3 rings (SSSR count). The van der Waals surface area contributed by atoms with Gasteiger partial charge in [0.15, 0.2) is 0 Å². The molecule has 5 nitrogen and oxygen atoms in total.